The van der Waals surface area contributed by atoms with Crippen molar-refractivity contribution in [1.82, 2.24) is 5.32 Å². The highest BCUT2D eigenvalue weighted by molar-refractivity contribution is 7.91. The van der Waals surface area contributed by atoms with Gasteiger partial charge in [0.1, 0.15) is 0 Å². The van der Waals surface area contributed by atoms with Crippen LogP contribution in [0, 0.1) is 0 Å². The van der Waals surface area contributed by atoms with Crippen LogP contribution in [0.15, 0.2) is 0 Å². The first-order chi connectivity index (χ1) is 5.79. The van der Waals surface area contributed by atoms with Crippen molar-refractivity contribution in [3.05, 3.63) is 0 Å². The number of nitrogens with one attached hydrogen (secondary N) is 1. The molecule has 1 saturated heterocycles. The zero-order valence-corrected chi connectivity index (χ0v) is 7.58. The molecule has 1 aliphatic rings. The highest BCUT2D eigenvalue weighted by Gasteiger charge is 2.32. The normalized spacial score (nSPS) is 27.8. The lowest BCUT2D eigenvalue weighted by molar-refractivity contribution is -0.125. The van der Waals surface area contributed by atoms with Crippen LogP contribution in [0.1, 0.15) is 6.42 Å². The van der Waals surface area contributed by atoms with E-state index in [-0.39, 0.29) is 17.9 Å². The summed E-state index contributed by atoms with van der Waals surface area (Å²) in [5.74, 6) is -0.189. The monoisotopic (exact) mass is 217 g/mol. The van der Waals surface area contributed by atoms with E-state index in [0.717, 1.165) is 0 Å². The van der Waals surface area contributed by atoms with Gasteiger partial charge in [0.15, 0.2) is 9.84 Å². The van der Waals surface area contributed by atoms with Crippen molar-refractivity contribution in [3.63, 3.8) is 0 Å². The summed E-state index contributed by atoms with van der Waals surface area (Å²) in [6.45, 7) is -1.12. The van der Waals surface area contributed by atoms with Crippen LogP contribution in [0.4, 0.5) is 13.2 Å². The van der Waals surface area contributed by atoms with Gasteiger partial charge in [0.2, 0.25) is 0 Å². The number of hydrogen-bond acceptors (Lipinski definition) is 3. The van der Waals surface area contributed by atoms with Crippen molar-refractivity contribution in [1.29, 1.82) is 0 Å². The van der Waals surface area contributed by atoms with E-state index < -0.39 is 28.6 Å². The molecule has 13 heavy (non-hydrogen) atoms. The van der Waals surface area contributed by atoms with Crippen LogP contribution < -0.4 is 5.32 Å². The van der Waals surface area contributed by atoms with Crippen molar-refractivity contribution in [2.24, 2.45) is 0 Å². The third-order valence-electron chi connectivity index (χ3n) is 1.82. The first-order valence-electron chi connectivity index (χ1n) is 3.79. The van der Waals surface area contributed by atoms with E-state index in [1.807, 2.05) is 0 Å². The molecule has 0 amide bonds. The second-order valence-corrected chi connectivity index (χ2v) is 5.32. The molecule has 3 nitrogen and oxygen atoms in total. The fourth-order valence-corrected chi connectivity index (χ4v) is 2.92. The molecule has 1 heterocycles. The zero-order chi connectivity index (χ0) is 10.1. The lowest BCUT2D eigenvalue weighted by Gasteiger charge is -2.12. The molecule has 78 valence electrons. The molecule has 0 spiro atoms. The Bertz CT molecular complexity index is 272. The van der Waals surface area contributed by atoms with Gasteiger partial charge in [-0.05, 0) is 6.42 Å². The van der Waals surface area contributed by atoms with Crippen molar-refractivity contribution in [2.45, 2.75) is 18.6 Å². The van der Waals surface area contributed by atoms with E-state index in [1.54, 1.807) is 0 Å². The summed E-state index contributed by atoms with van der Waals surface area (Å²) in [5, 5.41) is 2.17. The molecule has 1 N–H and O–H groups in total. The Morgan fingerprint density at radius 1 is 1.38 bits per heavy atom. The van der Waals surface area contributed by atoms with Gasteiger partial charge in [-0.2, -0.15) is 13.2 Å². The highest BCUT2D eigenvalue weighted by Crippen LogP contribution is 2.16. The van der Waals surface area contributed by atoms with Gasteiger partial charge < -0.3 is 5.32 Å². The maximum Gasteiger partial charge on any atom is 0.401 e. The SMILES string of the molecule is O=S1(=O)CCC(NCC(F)(F)F)C1. The molecule has 1 unspecified atom stereocenters. The molecule has 0 saturated carbocycles. The zero-order valence-electron chi connectivity index (χ0n) is 6.76. The Labute approximate surface area is 74.2 Å². The third kappa shape index (κ3) is 3.95. The first-order valence-corrected chi connectivity index (χ1v) is 5.61. The van der Waals surface area contributed by atoms with E-state index in [2.05, 4.69) is 5.32 Å². The average Bonchev–Trinajstić information content (AvgIpc) is 2.24. The van der Waals surface area contributed by atoms with E-state index >= 15 is 0 Å². The van der Waals surface area contributed by atoms with Crippen molar-refractivity contribution in [2.75, 3.05) is 18.1 Å². The minimum Gasteiger partial charge on any atom is -0.305 e. The van der Waals surface area contributed by atoms with Gasteiger partial charge in [0, 0.05) is 6.04 Å². The predicted molar refractivity (Wildman–Crippen MR) is 41.1 cm³/mol. The first kappa shape index (κ1) is 10.8. The summed E-state index contributed by atoms with van der Waals surface area (Å²) in [7, 11) is -3.09. The number of halogens is 3. The van der Waals surface area contributed by atoms with Crippen molar-refractivity contribution < 1.29 is 21.6 Å². The third-order valence-corrected chi connectivity index (χ3v) is 3.59. The van der Waals surface area contributed by atoms with Gasteiger partial charge in [-0.15, -0.1) is 0 Å². The lowest BCUT2D eigenvalue weighted by Crippen LogP contribution is -2.37. The van der Waals surface area contributed by atoms with Crippen LogP contribution in [-0.4, -0.2) is 38.7 Å². The van der Waals surface area contributed by atoms with E-state index in [1.165, 1.54) is 0 Å². The molecule has 0 aromatic rings. The average molecular weight is 217 g/mol. The van der Waals surface area contributed by atoms with Crippen LogP contribution >= 0.6 is 0 Å². The maximum absolute atomic E-state index is 11.7. The molecule has 0 aromatic carbocycles. The summed E-state index contributed by atoms with van der Waals surface area (Å²) in [5.41, 5.74) is 0. The molecule has 0 radical (unpaired) electrons. The number of alkyl halides is 3. The smallest absolute Gasteiger partial charge is 0.305 e. The topological polar surface area (TPSA) is 46.2 Å². The van der Waals surface area contributed by atoms with Gasteiger partial charge in [0.05, 0.1) is 18.1 Å². The van der Waals surface area contributed by atoms with E-state index in [9.17, 15) is 21.6 Å². The second-order valence-electron chi connectivity index (χ2n) is 3.10. The summed E-state index contributed by atoms with van der Waals surface area (Å²) in [4.78, 5) is 0. The highest BCUT2D eigenvalue weighted by atomic mass is 32.2. The van der Waals surface area contributed by atoms with E-state index in [0.29, 0.717) is 0 Å². The Balaban J connectivity index is 2.34. The second kappa shape index (κ2) is 3.45. The van der Waals surface area contributed by atoms with Crippen LogP contribution in [0.3, 0.4) is 0 Å². The molecule has 7 heteroatoms. The van der Waals surface area contributed by atoms with Gasteiger partial charge in [-0.1, -0.05) is 0 Å². The van der Waals surface area contributed by atoms with Crippen molar-refractivity contribution >= 4 is 9.84 Å². The molecular weight excluding hydrogens is 207 g/mol. The van der Waals surface area contributed by atoms with Crippen LogP contribution in [0.25, 0.3) is 0 Å². The summed E-state index contributed by atoms with van der Waals surface area (Å²) >= 11 is 0. The van der Waals surface area contributed by atoms with Crippen LogP contribution in [0.5, 0.6) is 0 Å². The largest absolute Gasteiger partial charge is 0.401 e. The predicted octanol–water partition coefficient (Wildman–Crippen LogP) is 0.325. The minimum atomic E-state index is -4.27. The van der Waals surface area contributed by atoms with Gasteiger partial charge in [0.25, 0.3) is 0 Å². The maximum atomic E-state index is 11.7. The number of rotatable bonds is 2. The van der Waals surface area contributed by atoms with Gasteiger partial charge in [-0.25, -0.2) is 8.42 Å². The standard InChI is InChI=1S/C6H10F3NO2S/c7-6(8,9)4-10-5-1-2-13(11,12)3-5/h5,10H,1-4H2. The Morgan fingerprint density at radius 2 is 2.00 bits per heavy atom. The van der Waals surface area contributed by atoms with Gasteiger partial charge >= 0.3 is 6.18 Å². The fraction of sp³-hybridized carbons (Fsp3) is 1.00. The molecule has 0 aromatic heterocycles. The number of sulfone groups is 1. The fourth-order valence-electron chi connectivity index (χ4n) is 1.22. The Hall–Kier alpha value is -0.300. The molecule has 0 aliphatic carbocycles. The molecular formula is C6H10F3NO2S. The Morgan fingerprint density at radius 3 is 2.38 bits per heavy atom. The quantitative estimate of drug-likeness (QED) is 0.724. The number of hydrogen-bond donors (Lipinski definition) is 1. The molecule has 1 atom stereocenters. The minimum absolute atomic E-state index is 0.0114. The lowest BCUT2D eigenvalue weighted by atomic mass is 10.3. The van der Waals surface area contributed by atoms with Gasteiger partial charge in [-0.3, -0.25) is 0 Å². The molecule has 1 fully saturated rings. The summed E-state index contributed by atoms with van der Waals surface area (Å²) in [6.07, 6.45) is -4.00. The van der Waals surface area contributed by atoms with Crippen LogP contribution in [-0.2, 0) is 9.84 Å². The molecule has 1 rings (SSSR count). The Kier molecular flexibility index (Phi) is 2.86. The molecule has 1 aliphatic heterocycles. The molecule has 0 bridgehead atoms. The van der Waals surface area contributed by atoms with Crippen molar-refractivity contribution in [3.8, 4) is 0 Å². The van der Waals surface area contributed by atoms with Crippen LogP contribution in [0.2, 0.25) is 0 Å². The van der Waals surface area contributed by atoms with E-state index in [4.69, 9.17) is 0 Å². The summed E-state index contributed by atoms with van der Waals surface area (Å²) < 4.78 is 56.8. The summed E-state index contributed by atoms with van der Waals surface area (Å²) in [6, 6.07) is -0.536.